The quantitative estimate of drug-likeness (QED) is 0.765. The van der Waals surface area contributed by atoms with Crippen LogP contribution in [-0.2, 0) is 0 Å². The van der Waals surface area contributed by atoms with Crippen LogP contribution in [0.5, 0.6) is 5.75 Å². The van der Waals surface area contributed by atoms with Gasteiger partial charge < -0.3 is 10.5 Å². The van der Waals surface area contributed by atoms with Gasteiger partial charge in [0.2, 0.25) is 0 Å². The molecule has 1 atom stereocenters. The lowest BCUT2D eigenvalue weighted by atomic mass is 10.2. The van der Waals surface area contributed by atoms with Crippen molar-refractivity contribution in [3.8, 4) is 5.75 Å². The molecule has 1 aromatic rings. The monoisotopic (exact) mass is 277 g/mol. The number of nitrogens with zero attached hydrogens (tertiary/aromatic N) is 2. The van der Waals surface area contributed by atoms with Crippen LogP contribution in [-0.4, -0.2) is 61.7 Å². The van der Waals surface area contributed by atoms with Crippen LogP contribution in [0.4, 0.5) is 0 Å². The Morgan fingerprint density at radius 3 is 2.70 bits per heavy atom. The molecule has 1 aromatic carbocycles. The standard InChI is InChI=1S/C16H27N3O/c1-15-14-18(10-8-17)11-12-19(15)9-5-13-20-16-6-3-2-4-7-16/h2-4,6-7,15H,5,8-14,17H2,1H3. The van der Waals surface area contributed by atoms with E-state index in [1.54, 1.807) is 0 Å². The first-order chi connectivity index (χ1) is 9.79. The highest BCUT2D eigenvalue weighted by Crippen LogP contribution is 2.11. The third-order valence-electron chi connectivity index (χ3n) is 3.90. The van der Waals surface area contributed by atoms with Crippen molar-refractivity contribution >= 4 is 0 Å². The second-order valence-electron chi connectivity index (χ2n) is 5.49. The number of benzene rings is 1. The summed E-state index contributed by atoms with van der Waals surface area (Å²) in [5, 5.41) is 0. The highest BCUT2D eigenvalue weighted by molar-refractivity contribution is 5.20. The summed E-state index contributed by atoms with van der Waals surface area (Å²) in [4.78, 5) is 5.02. The topological polar surface area (TPSA) is 41.7 Å². The van der Waals surface area contributed by atoms with E-state index in [1.165, 1.54) is 0 Å². The average Bonchev–Trinajstić information content (AvgIpc) is 2.47. The van der Waals surface area contributed by atoms with Crippen molar-refractivity contribution in [3.63, 3.8) is 0 Å². The minimum absolute atomic E-state index is 0.618. The third-order valence-corrected chi connectivity index (χ3v) is 3.90. The predicted octanol–water partition coefficient (Wildman–Crippen LogP) is 1.42. The van der Waals surface area contributed by atoms with Gasteiger partial charge in [0.1, 0.15) is 5.75 Å². The van der Waals surface area contributed by atoms with E-state index in [1.807, 2.05) is 30.3 Å². The molecule has 0 saturated carbocycles. The van der Waals surface area contributed by atoms with Crippen molar-refractivity contribution in [2.45, 2.75) is 19.4 Å². The molecule has 4 heteroatoms. The Morgan fingerprint density at radius 2 is 2.00 bits per heavy atom. The molecule has 0 amide bonds. The van der Waals surface area contributed by atoms with E-state index in [0.29, 0.717) is 6.04 Å². The summed E-state index contributed by atoms with van der Waals surface area (Å²) in [5.41, 5.74) is 5.62. The molecular formula is C16H27N3O. The van der Waals surface area contributed by atoms with Crippen LogP contribution in [0, 0.1) is 0 Å². The first kappa shape index (κ1) is 15.3. The number of piperazine rings is 1. The van der Waals surface area contributed by atoms with Gasteiger partial charge in [-0.3, -0.25) is 9.80 Å². The molecular weight excluding hydrogens is 250 g/mol. The van der Waals surface area contributed by atoms with E-state index >= 15 is 0 Å². The molecule has 0 bridgehead atoms. The minimum Gasteiger partial charge on any atom is -0.494 e. The lowest BCUT2D eigenvalue weighted by molar-refractivity contribution is 0.0809. The number of ether oxygens (including phenoxy) is 1. The smallest absolute Gasteiger partial charge is 0.119 e. The minimum atomic E-state index is 0.618. The fourth-order valence-electron chi connectivity index (χ4n) is 2.76. The zero-order valence-electron chi connectivity index (χ0n) is 12.5. The number of hydrogen-bond acceptors (Lipinski definition) is 4. The normalized spacial score (nSPS) is 21.0. The summed E-state index contributed by atoms with van der Waals surface area (Å²) in [6, 6.07) is 10.7. The molecule has 1 heterocycles. The van der Waals surface area contributed by atoms with Gasteiger partial charge in [0, 0.05) is 45.3 Å². The zero-order chi connectivity index (χ0) is 14.2. The van der Waals surface area contributed by atoms with Gasteiger partial charge in [-0.2, -0.15) is 0 Å². The molecule has 20 heavy (non-hydrogen) atoms. The highest BCUT2D eigenvalue weighted by Gasteiger charge is 2.22. The molecule has 1 fully saturated rings. The summed E-state index contributed by atoms with van der Waals surface area (Å²) < 4.78 is 5.74. The summed E-state index contributed by atoms with van der Waals surface area (Å²) in [6.45, 7) is 9.42. The Kier molecular flexibility index (Phi) is 6.30. The van der Waals surface area contributed by atoms with E-state index in [4.69, 9.17) is 10.5 Å². The van der Waals surface area contributed by atoms with Crippen LogP contribution in [0.15, 0.2) is 30.3 Å². The van der Waals surface area contributed by atoms with Crippen molar-refractivity contribution in [2.75, 3.05) is 45.9 Å². The summed E-state index contributed by atoms with van der Waals surface area (Å²) in [7, 11) is 0. The van der Waals surface area contributed by atoms with Gasteiger partial charge in [0.15, 0.2) is 0 Å². The van der Waals surface area contributed by atoms with E-state index in [0.717, 1.165) is 58.0 Å². The SMILES string of the molecule is CC1CN(CCN)CCN1CCCOc1ccccc1. The fraction of sp³-hybridized carbons (Fsp3) is 0.625. The third kappa shape index (κ3) is 4.78. The van der Waals surface area contributed by atoms with Crippen molar-refractivity contribution < 1.29 is 4.74 Å². The molecule has 1 aliphatic rings. The van der Waals surface area contributed by atoms with Gasteiger partial charge in [-0.15, -0.1) is 0 Å². The fourth-order valence-corrected chi connectivity index (χ4v) is 2.76. The van der Waals surface area contributed by atoms with Crippen LogP contribution in [0.3, 0.4) is 0 Å². The summed E-state index contributed by atoms with van der Waals surface area (Å²) in [6.07, 6.45) is 1.08. The van der Waals surface area contributed by atoms with E-state index in [9.17, 15) is 0 Å². The van der Waals surface area contributed by atoms with Gasteiger partial charge >= 0.3 is 0 Å². The number of para-hydroxylation sites is 1. The average molecular weight is 277 g/mol. The second-order valence-corrected chi connectivity index (χ2v) is 5.49. The largest absolute Gasteiger partial charge is 0.494 e. The van der Waals surface area contributed by atoms with Gasteiger partial charge in [0.05, 0.1) is 6.61 Å². The lowest BCUT2D eigenvalue weighted by Gasteiger charge is -2.39. The molecule has 0 radical (unpaired) electrons. The predicted molar refractivity (Wildman–Crippen MR) is 83.1 cm³/mol. The summed E-state index contributed by atoms with van der Waals surface area (Å²) in [5.74, 6) is 0.966. The number of rotatable bonds is 7. The first-order valence-corrected chi connectivity index (χ1v) is 7.64. The second kappa shape index (κ2) is 8.25. The number of nitrogens with two attached hydrogens (primary N) is 1. The van der Waals surface area contributed by atoms with Crippen LogP contribution in [0.1, 0.15) is 13.3 Å². The van der Waals surface area contributed by atoms with Crippen LogP contribution in [0.25, 0.3) is 0 Å². The van der Waals surface area contributed by atoms with Crippen molar-refractivity contribution in [2.24, 2.45) is 5.73 Å². The van der Waals surface area contributed by atoms with E-state index in [2.05, 4.69) is 16.7 Å². The molecule has 4 nitrogen and oxygen atoms in total. The van der Waals surface area contributed by atoms with Crippen molar-refractivity contribution in [1.82, 2.24) is 9.80 Å². The molecule has 2 rings (SSSR count). The molecule has 0 aliphatic carbocycles. The van der Waals surface area contributed by atoms with E-state index < -0.39 is 0 Å². The Bertz CT molecular complexity index is 371. The first-order valence-electron chi connectivity index (χ1n) is 7.64. The Balaban J connectivity index is 1.62. The van der Waals surface area contributed by atoms with Gasteiger partial charge in [-0.1, -0.05) is 18.2 Å². The molecule has 0 aromatic heterocycles. The Labute approximate surface area is 122 Å². The molecule has 1 aliphatic heterocycles. The summed E-state index contributed by atoms with van der Waals surface area (Å²) >= 11 is 0. The van der Waals surface area contributed by atoms with Crippen molar-refractivity contribution in [3.05, 3.63) is 30.3 Å². The molecule has 1 unspecified atom stereocenters. The molecule has 2 N–H and O–H groups in total. The molecule has 0 spiro atoms. The lowest BCUT2D eigenvalue weighted by Crippen LogP contribution is -2.53. The van der Waals surface area contributed by atoms with Gasteiger partial charge in [-0.05, 0) is 25.5 Å². The van der Waals surface area contributed by atoms with E-state index in [-0.39, 0.29) is 0 Å². The zero-order valence-corrected chi connectivity index (χ0v) is 12.5. The maximum atomic E-state index is 5.74. The highest BCUT2D eigenvalue weighted by atomic mass is 16.5. The molecule has 112 valence electrons. The Hall–Kier alpha value is -1.10. The maximum Gasteiger partial charge on any atom is 0.119 e. The van der Waals surface area contributed by atoms with Gasteiger partial charge in [-0.25, -0.2) is 0 Å². The van der Waals surface area contributed by atoms with Gasteiger partial charge in [0.25, 0.3) is 0 Å². The maximum absolute atomic E-state index is 5.74. The Morgan fingerprint density at radius 1 is 1.20 bits per heavy atom. The number of hydrogen-bond donors (Lipinski definition) is 1. The van der Waals surface area contributed by atoms with Crippen molar-refractivity contribution in [1.29, 1.82) is 0 Å². The van der Waals surface area contributed by atoms with Crippen LogP contribution in [0.2, 0.25) is 0 Å². The van der Waals surface area contributed by atoms with Crippen LogP contribution >= 0.6 is 0 Å². The van der Waals surface area contributed by atoms with Crippen LogP contribution < -0.4 is 10.5 Å². The molecule has 1 saturated heterocycles.